The molecule has 9 nitrogen and oxygen atoms in total. The largest absolute Gasteiger partial charge is 0.463 e. The maximum atomic E-state index is 11.9. The summed E-state index contributed by atoms with van der Waals surface area (Å²) in [5.74, 6) is -0.617. The van der Waals surface area contributed by atoms with Crippen molar-refractivity contribution in [3.8, 4) is 0 Å². The molecule has 0 aromatic heterocycles. The van der Waals surface area contributed by atoms with Crippen molar-refractivity contribution in [1.29, 1.82) is 0 Å². The van der Waals surface area contributed by atoms with Crippen LogP contribution >= 0.6 is 0 Å². The molecule has 3 aliphatic heterocycles. The Morgan fingerprint density at radius 2 is 1.24 bits per heavy atom. The summed E-state index contributed by atoms with van der Waals surface area (Å²) < 4.78 is 29.2. The number of rotatable bonds is 27. The van der Waals surface area contributed by atoms with Crippen LogP contribution in [-0.4, -0.2) is 71.8 Å². The second kappa shape index (κ2) is 24.3. The number of unbranched alkanes of at least 4 members (excludes halogenated alkanes) is 12. The molecule has 3 rings (SSSR count). The highest BCUT2D eigenvalue weighted by molar-refractivity contribution is 5.90. The maximum absolute atomic E-state index is 11.9. The van der Waals surface area contributed by atoms with E-state index < -0.39 is 6.10 Å². The number of carbonyl (C=O) groups excluding carboxylic acids is 3. The Morgan fingerprint density at radius 1 is 0.720 bits per heavy atom. The predicted octanol–water partition coefficient (Wildman–Crippen LogP) is 9.00. The number of carbonyl (C=O) groups is 3. The van der Waals surface area contributed by atoms with Gasteiger partial charge in [-0.15, -0.1) is 0 Å². The van der Waals surface area contributed by atoms with Crippen LogP contribution < -0.4 is 0 Å². The first-order valence-electron chi connectivity index (χ1n) is 20.4. The minimum atomic E-state index is -0.432. The summed E-state index contributed by atoms with van der Waals surface area (Å²) in [6.45, 7) is 6.99. The van der Waals surface area contributed by atoms with Gasteiger partial charge in [0.2, 0.25) is 0 Å². The molecule has 2 fully saturated rings. The third-order valence-corrected chi connectivity index (χ3v) is 10.7. The molecule has 9 heteroatoms. The lowest BCUT2D eigenvalue weighted by Gasteiger charge is -2.26. The van der Waals surface area contributed by atoms with Crippen molar-refractivity contribution in [1.82, 2.24) is 0 Å². The molecule has 0 aromatic rings. The molecule has 50 heavy (non-hydrogen) atoms. The van der Waals surface area contributed by atoms with Gasteiger partial charge in [-0.2, -0.15) is 0 Å². The number of hydrogen-bond acceptors (Lipinski definition) is 9. The van der Waals surface area contributed by atoms with Crippen molar-refractivity contribution in [3.05, 3.63) is 11.6 Å². The van der Waals surface area contributed by atoms with Crippen LogP contribution in [0, 0.1) is 0 Å². The summed E-state index contributed by atoms with van der Waals surface area (Å²) >= 11 is 0. The second-order valence-corrected chi connectivity index (χ2v) is 15.2. The Labute approximate surface area is 302 Å². The Morgan fingerprint density at radius 3 is 1.84 bits per heavy atom. The molecule has 0 aliphatic carbocycles. The van der Waals surface area contributed by atoms with Gasteiger partial charge in [-0.3, -0.25) is 9.59 Å². The molecule has 0 radical (unpaired) electrons. The van der Waals surface area contributed by atoms with Gasteiger partial charge in [-0.25, -0.2) is 4.79 Å². The van der Waals surface area contributed by atoms with Crippen LogP contribution in [0.25, 0.3) is 0 Å². The highest BCUT2D eigenvalue weighted by Crippen LogP contribution is 2.35. The molecule has 0 spiro atoms. The van der Waals surface area contributed by atoms with Crippen molar-refractivity contribution in [2.24, 2.45) is 0 Å². The number of hydrogen-bond donors (Lipinski definition) is 1. The van der Waals surface area contributed by atoms with Gasteiger partial charge in [0, 0.05) is 19.4 Å². The fourth-order valence-corrected chi connectivity index (χ4v) is 7.92. The summed E-state index contributed by atoms with van der Waals surface area (Å²) in [4.78, 5) is 35.0. The molecule has 1 N–H and O–H groups in total. The molecule has 8 unspecified atom stereocenters. The van der Waals surface area contributed by atoms with Crippen molar-refractivity contribution in [2.45, 2.75) is 231 Å². The van der Waals surface area contributed by atoms with E-state index in [1.54, 1.807) is 0 Å². The van der Waals surface area contributed by atoms with Crippen LogP contribution in [0.1, 0.15) is 182 Å². The number of aliphatic hydroxyl groups is 1. The number of esters is 3. The van der Waals surface area contributed by atoms with Crippen LogP contribution in [0.5, 0.6) is 0 Å². The van der Waals surface area contributed by atoms with E-state index in [-0.39, 0.29) is 60.6 Å². The zero-order valence-corrected chi connectivity index (χ0v) is 31.9. The summed E-state index contributed by atoms with van der Waals surface area (Å²) in [5.41, 5.74) is 0.856. The predicted molar refractivity (Wildman–Crippen MR) is 195 cm³/mol. The molecule has 2 saturated heterocycles. The molecule has 0 bridgehead atoms. The summed E-state index contributed by atoms with van der Waals surface area (Å²) in [7, 11) is 0. The third-order valence-electron chi connectivity index (χ3n) is 10.7. The van der Waals surface area contributed by atoms with Crippen molar-refractivity contribution in [3.63, 3.8) is 0 Å². The minimum absolute atomic E-state index is 0.00707. The minimum Gasteiger partial charge on any atom is -0.463 e. The van der Waals surface area contributed by atoms with E-state index in [0.29, 0.717) is 0 Å². The fraction of sp³-hybridized carbons (Fsp3) is 0.878. The average Bonchev–Trinajstić information content (AvgIpc) is 3.83. The zero-order valence-electron chi connectivity index (χ0n) is 31.9. The summed E-state index contributed by atoms with van der Waals surface area (Å²) in [5, 5.41) is 10.9. The van der Waals surface area contributed by atoms with Crippen LogP contribution in [0.15, 0.2) is 11.6 Å². The molecular weight excluding hydrogens is 636 g/mol. The van der Waals surface area contributed by atoms with E-state index in [4.69, 9.17) is 23.7 Å². The number of ether oxygens (including phenoxy) is 5. The smallest absolute Gasteiger partial charge is 0.334 e. The molecular formula is C41H70O9. The topological polar surface area (TPSA) is 118 Å². The molecule has 0 saturated carbocycles. The van der Waals surface area contributed by atoms with Crippen molar-refractivity contribution < 1.29 is 43.2 Å². The zero-order chi connectivity index (χ0) is 36.1. The van der Waals surface area contributed by atoms with E-state index in [1.807, 2.05) is 13.0 Å². The first-order chi connectivity index (χ1) is 24.2. The Kier molecular flexibility index (Phi) is 20.6. The van der Waals surface area contributed by atoms with Crippen LogP contribution in [0.2, 0.25) is 0 Å². The fourth-order valence-electron chi connectivity index (χ4n) is 7.92. The monoisotopic (exact) mass is 707 g/mol. The van der Waals surface area contributed by atoms with Crippen LogP contribution in [0.4, 0.5) is 0 Å². The standard InChI is InChI=1S/C41H70O9/c1-5-6-21-34(47-31(3)42)22-17-15-19-24-37(48-32(4)43)38-27-28-40(50-38)39-26-25-36(49-39)35(44)23-18-14-12-10-8-7-9-11-13-16-20-33-29-30(2)46-41(33)45/h29-30,34-40,44H,5-28H2,1-4H3. The molecule has 0 amide bonds. The van der Waals surface area contributed by atoms with Gasteiger partial charge in [0.05, 0.1) is 30.5 Å². The summed E-state index contributed by atoms with van der Waals surface area (Å²) in [6, 6.07) is 0. The van der Waals surface area contributed by atoms with E-state index in [0.717, 1.165) is 115 Å². The highest BCUT2D eigenvalue weighted by Gasteiger charge is 2.41. The normalized spacial score (nSPS) is 25.3. The maximum Gasteiger partial charge on any atom is 0.334 e. The van der Waals surface area contributed by atoms with Gasteiger partial charge in [0.25, 0.3) is 0 Å². The molecule has 8 atom stereocenters. The van der Waals surface area contributed by atoms with Crippen LogP contribution in [-0.2, 0) is 38.1 Å². The molecule has 3 heterocycles. The van der Waals surface area contributed by atoms with E-state index in [2.05, 4.69) is 6.92 Å². The van der Waals surface area contributed by atoms with Gasteiger partial charge < -0.3 is 28.8 Å². The van der Waals surface area contributed by atoms with Crippen molar-refractivity contribution >= 4 is 17.9 Å². The lowest BCUT2D eigenvalue weighted by molar-refractivity contribution is -0.158. The number of aliphatic hydroxyl groups excluding tert-OH is 1. The van der Waals surface area contributed by atoms with Crippen LogP contribution in [0.3, 0.4) is 0 Å². The van der Waals surface area contributed by atoms with Gasteiger partial charge in [-0.05, 0) is 90.0 Å². The van der Waals surface area contributed by atoms with Gasteiger partial charge >= 0.3 is 17.9 Å². The van der Waals surface area contributed by atoms with E-state index in [1.165, 1.54) is 58.8 Å². The Bertz CT molecular complexity index is 1010. The van der Waals surface area contributed by atoms with Crippen molar-refractivity contribution in [2.75, 3.05) is 0 Å². The van der Waals surface area contributed by atoms with E-state index in [9.17, 15) is 19.5 Å². The Hall–Kier alpha value is -1.97. The second-order valence-electron chi connectivity index (χ2n) is 15.2. The SMILES string of the molecule is CCCCC(CCCCCC(OC(C)=O)C1CCC(C2CCC(C(O)CCCCCCCCCCCCC3=CC(C)OC3=O)O2)O1)OC(C)=O. The third kappa shape index (κ3) is 16.6. The molecule has 0 aromatic carbocycles. The molecule has 288 valence electrons. The number of cyclic esters (lactones) is 1. The Balaban J connectivity index is 1.22. The lowest BCUT2D eigenvalue weighted by Crippen LogP contribution is -2.34. The van der Waals surface area contributed by atoms with Gasteiger partial charge in [0.15, 0.2) is 0 Å². The van der Waals surface area contributed by atoms with Gasteiger partial charge in [-0.1, -0.05) is 84.0 Å². The average molecular weight is 707 g/mol. The lowest BCUT2D eigenvalue weighted by atomic mass is 10.00. The highest BCUT2D eigenvalue weighted by atomic mass is 16.6. The summed E-state index contributed by atoms with van der Waals surface area (Å²) in [6.07, 6.45) is 25.5. The first kappa shape index (κ1) is 42.4. The quantitative estimate of drug-likeness (QED) is 0.0507. The first-order valence-corrected chi connectivity index (χ1v) is 20.4. The molecule has 3 aliphatic rings. The van der Waals surface area contributed by atoms with Gasteiger partial charge in [0.1, 0.15) is 18.3 Å². The van der Waals surface area contributed by atoms with E-state index >= 15 is 0 Å².